The predicted octanol–water partition coefficient (Wildman–Crippen LogP) is 1.64. The second-order valence-electron chi connectivity index (χ2n) is 4.56. The Hall–Kier alpha value is -1.53. The van der Waals surface area contributed by atoms with Crippen molar-refractivity contribution in [2.45, 2.75) is 11.8 Å². The second kappa shape index (κ2) is 6.76. The molecule has 1 aromatic rings. The highest BCUT2D eigenvalue weighted by molar-refractivity contribution is 8.00. The molecule has 108 valence electrons. The molecular weight excluding hydrogens is 278 g/mol. The molecule has 0 aliphatic carbocycles. The third-order valence-corrected chi connectivity index (χ3v) is 4.14. The maximum absolute atomic E-state index is 12.0. The number of nitrogens with zero attached hydrogens (tertiary/aromatic N) is 1. The Labute approximate surface area is 121 Å². The fraction of sp³-hybridized carbons (Fsp3) is 0.429. The number of carbonyl (C=O) groups excluding carboxylic acids is 1. The van der Waals surface area contributed by atoms with Crippen molar-refractivity contribution in [3.8, 4) is 0 Å². The summed E-state index contributed by atoms with van der Waals surface area (Å²) in [6.45, 7) is 4.20. The van der Waals surface area contributed by atoms with Crippen LogP contribution in [-0.2, 0) is 9.53 Å². The fourth-order valence-electron chi connectivity index (χ4n) is 1.97. The van der Waals surface area contributed by atoms with Gasteiger partial charge in [0.1, 0.15) is 0 Å². The van der Waals surface area contributed by atoms with Crippen molar-refractivity contribution in [3.05, 3.63) is 29.3 Å². The third kappa shape index (κ3) is 3.74. The summed E-state index contributed by atoms with van der Waals surface area (Å²) in [5.74, 6) is -0.553. The number of thioether (sulfide) groups is 1. The Morgan fingerprint density at radius 2 is 2.05 bits per heavy atom. The van der Waals surface area contributed by atoms with Gasteiger partial charge in [-0.15, -0.1) is 11.8 Å². The molecule has 0 unspecified atom stereocenters. The molecule has 1 fully saturated rings. The number of carboxylic acid groups (broad SMARTS) is 1. The van der Waals surface area contributed by atoms with Crippen LogP contribution in [0.3, 0.4) is 0 Å². The molecule has 6 heteroatoms. The first-order chi connectivity index (χ1) is 9.58. The Morgan fingerprint density at radius 1 is 1.35 bits per heavy atom. The van der Waals surface area contributed by atoms with Crippen molar-refractivity contribution in [1.82, 2.24) is 4.90 Å². The van der Waals surface area contributed by atoms with Crippen LogP contribution in [0, 0.1) is 6.92 Å². The Bertz CT molecular complexity index is 512. The largest absolute Gasteiger partial charge is 0.478 e. The molecule has 1 amide bonds. The molecule has 2 rings (SSSR count). The smallest absolute Gasteiger partial charge is 0.335 e. The van der Waals surface area contributed by atoms with E-state index in [4.69, 9.17) is 9.84 Å². The minimum absolute atomic E-state index is 0.0655. The number of benzene rings is 1. The van der Waals surface area contributed by atoms with E-state index < -0.39 is 5.97 Å². The second-order valence-corrected chi connectivity index (χ2v) is 5.61. The van der Waals surface area contributed by atoms with Gasteiger partial charge in [0.15, 0.2) is 0 Å². The monoisotopic (exact) mass is 295 g/mol. The fourth-order valence-corrected chi connectivity index (χ4v) is 2.81. The molecule has 20 heavy (non-hydrogen) atoms. The van der Waals surface area contributed by atoms with Gasteiger partial charge in [-0.3, -0.25) is 4.79 Å². The number of carboxylic acids is 1. The minimum atomic E-state index is -0.940. The van der Waals surface area contributed by atoms with Crippen molar-refractivity contribution < 1.29 is 19.4 Å². The molecule has 0 aromatic heterocycles. The number of rotatable bonds is 4. The molecular formula is C14H17NO4S. The Balaban J connectivity index is 1.95. The lowest BCUT2D eigenvalue weighted by Crippen LogP contribution is -2.41. The summed E-state index contributed by atoms with van der Waals surface area (Å²) in [6.07, 6.45) is 0. The summed E-state index contributed by atoms with van der Waals surface area (Å²) in [6, 6.07) is 5.24. The van der Waals surface area contributed by atoms with Crippen molar-refractivity contribution in [2.75, 3.05) is 32.1 Å². The molecule has 1 saturated heterocycles. The number of hydrogen-bond acceptors (Lipinski definition) is 4. The highest BCUT2D eigenvalue weighted by Gasteiger charge is 2.17. The molecule has 0 atom stereocenters. The number of aromatic carboxylic acids is 1. The molecule has 0 radical (unpaired) electrons. The van der Waals surface area contributed by atoms with Crippen molar-refractivity contribution in [1.29, 1.82) is 0 Å². The van der Waals surface area contributed by atoms with Crippen molar-refractivity contribution in [2.24, 2.45) is 0 Å². The summed E-state index contributed by atoms with van der Waals surface area (Å²) >= 11 is 1.37. The van der Waals surface area contributed by atoms with E-state index in [1.807, 2.05) is 6.07 Å². The third-order valence-electron chi connectivity index (χ3n) is 3.17. The van der Waals surface area contributed by atoms with Gasteiger partial charge in [-0.1, -0.05) is 6.07 Å². The van der Waals surface area contributed by atoms with E-state index in [0.717, 1.165) is 10.5 Å². The van der Waals surface area contributed by atoms with Crippen molar-refractivity contribution in [3.63, 3.8) is 0 Å². The number of hydrogen-bond donors (Lipinski definition) is 1. The summed E-state index contributed by atoms with van der Waals surface area (Å²) in [5, 5.41) is 9.07. The lowest BCUT2D eigenvalue weighted by atomic mass is 10.1. The lowest BCUT2D eigenvalue weighted by molar-refractivity contribution is -0.132. The Morgan fingerprint density at radius 3 is 2.70 bits per heavy atom. The van der Waals surface area contributed by atoms with E-state index in [1.165, 1.54) is 11.8 Å². The summed E-state index contributed by atoms with van der Waals surface area (Å²) < 4.78 is 5.20. The van der Waals surface area contributed by atoms with Gasteiger partial charge in [-0.05, 0) is 24.6 Å². The van der Waals surface area contributed by atoms with E-state index in [-0.39, 0.29) is 11.5 Å². The van der Waals surface area contributed by atoms with Gasteiger partial charge in [0.05, 0.1) is 24.5 Å². The maximum Gasteiger partial charge on any atom is 0.335 e. The van der Waals surface area contributed by atoms with Crippen LogP contribution in [0.25, 0.3) is 0 Å². The van der Waals surface area contributed by atoms with Gasteiger partial charge < -0.3 is 14.7 Å². The van der Waals surface area contributed by atoms with Gasteiger partial charge in [-0.25, -0.2) is 4.79 Å². The normalized spacial score (nSPS) is 15.2. The molecule has 0 spiro atoms. The van der Waals surface area contributed by atoms with E-state index in [9.17, 15) is 9.59 Å². The number of ether oxygens (including phenoxy) is 1. The summed E-state index contributed by atoms with van der Waals surface area (Å²) in [5.41, 5.74) is 1.01. The zero-order chi connectivity index (χ0) is 14.5. The molecule has 1 heterocycles. The van der Waals surface area contributed by atoms with Gasteiger partial charge in [0.25, 0.3) is 0 Å². The molecule has 0 bridgehead atoms. The summed E-state index contributed by atoms with van der Waals surface area (Å²) in [4.78, 5) is 25.6. The molecule has 0 saturated carbocycles. The first-order valence-electron chi connectivity index (χ1n) is 6.40. The van der Waals surface area contributed by atoms with Crippen LogP contribution in [0.5, 0.6) is 0 Å². The van der Waals surface area contributed by atoms with Crippen LogP contribution in [0.1, 0.15) is 15.9 Å². The van der Waals surface area contributed by atoms with Gasteiger partial charge in [-0.2, -0.15) is 0 Å². The molecule has 1 N–H and O–H groups in total. The standard InChI is InChI=1S/C14H17NO4S/c1-10-2-3-11(8-12(10)14(17)18)20-9-13(16)15-4-6-19-7-5-15/h2-3,8H,4-7,9H2,1H3,(H,17,18). The highest BCUT2D eigenvalue weighted by Crippen LogP contribution is 2.22. The molecule has 1 aromatic carbocycles. The van der Waals surface area contributed by atoms with E-state index in [1.54, 1.807) is 24.0 Å². The first-order valence-corrected chi connectivity index (χ1v) is 7.39. The Kier molecular flexibility index (Phi) is 5.03. The van der Waals surface area contributed by atoms with Gasteiger partial charge in [0, 0.05) is 18.0 Å². The maximum atomic E-state index is 12.0. The van der Waals surface area contributed by atoms with Crippen LogP contribution < -0.4 is 0 Å². The predicted molar refractivity (Wildman–Crippen MR) is 76.3 cm³/mol. The average Bonchev–Trinajstić information content (AvgIpc) is 2.46. The van der Waals surface area contributed by atoms with E-state index >= 15 is 0 Å². The topological polar surface area (TPSA) is 66.8 Å². The minimum Gasteiger partial charge on any atom is -0.478 e. The van der Waals surface area contributed by atoms with Crippen LogP contribution in [0.4, 0.5) is 0 Å². The number of carbonyl (C=O) groups is 2. The SMILES string of the molecule is Cc1ccc(SCC(=O)N2CCOCC2)cc1C(=O)O. The van der Waals surface area contributed by atoms with E-state index in [0.29, 0.717) is 32.1 Å². The van der Waals surface area contributed by atoms with Gasteiger partial charge in [0.2, 0.25) is 5.91 Å². The average molecular weight is 295 g/mol. The van der Waals surface area contributed by atoms with Crippen LogP contribution >= 0.6 is 11.8 Å². The van der Waals surface area contributed by atoms with E-state index in [2.05, 4.69) is 0 Å². The van der Waals surface area contributed by atoms with Crippen LogP contribution in [0.2, 0.25) is 0 Å². The number of amides is 1. The summed E-state index contributed by atoms with van der Waals surface area (Å²) in [7, 11) is 0. The van der Waals surface area contributed by atoms with Crippen LogP contribution in [-0.4, -0.2) is 53.9 Å². The number of morpholine rings is 1. The number of aryl methyl sites for hydroxylation is 1. The lowest BCUT2D eigenvalue weighted by Gasteiger charge is -2.26. The quantitative estimate of drug-likeness (QED) is 0.855. The zero-order valence-corrected chi connectivity index (χ0v) is 12.1. The molecule has 1 aliphatic heterocycles. The molecule has 1 aliphatic rings. The zero-order valence-electron chi connectivity index (χ0n) is 11.3. The first kappa shape index (κ1) is 14.9. The highest BCUT2D eigenvalue weighted by atomic mass is 32.2. The molecule has 5 nitrogen and oxygen atoms in total. The van der Waals surface area contributed by atoms with Crippen molar-refractivity contribution >= 4 is 23.6 Å². The van der Waals surface area contributed by atoms with Gasteiger partial charge >= 0.3 is 5.97 Å². The van der Waals surface area contributed by atoms with Crippen LogP contribution in [0.15, 0.2) is 23.1 Å².